The van der Waals surface area contributed by atoms with Crippen LogP contribution in [0.5, 0.6) is 0 Å². The van der Waals surface area contributed by atoms with Gasteiger partial charge < -0.3 is 4.74 Å². The molecule has 0 saturated carbocycles. The van der Waals surface area contributed by atoms with Crippen LogP contribution in [-0.2, 0) is 9.53 Å². The fraction of sp³-hybridized carbons (Fsp3) is 0.0833. The van der Waals surface area contributed by atoms with Crippen LogP contribution in [-0.4, -0.2) is 5.97 Å². The summed E-state index contributed by atoms with van der Waals surface area (Å²) in [5.74, 6) is 3.43. The Labute approximate surface area is 96.8 Å². The Morgan fingerprint density at radius 2 is 1.93 bits per heavy atom. The van der Waals surface area contributed by atoms with Crippen LogP contribution >= 0.6 is 15.9 Å². The third-order valence-electron chi connectivity index (χ3n) is 1.67. The molecule has 0 fully saturated rings. The molecule has 1 aromatic carbocycles. The predicted molar refractivity (Wildman–Crippen MR) is 60.6 cm³/mol. The Bertz CT molecular complexity index is 434. The van der Waals surface area contributed by atoms with E-state index in [1.54, 1.807) is 12.1 Å². The number of hydrogen-bond donors (Lipinski definition) is 0. The van der Waals surface area contributed by atoms with Crippen LogP contribution in [0.25, 0.3) is 0 Å². The van der Waals surface area contributed by atoms with Crippen LogP contribution in [0.3, 0.4) is 0 Å². The Balaban J connectivity index is 2.85. The minimum Gasteiger partial charge on any atom is -0.435 e. The van der Waals surface area contributed by atoms with Crippen molar-refractivity contribution in [2.24, 2.45) is 0 Å². The molecule has 1 aromatic rings. The highest BCUT2D eigenvalue weighted by atomic mass is 79.9. The lowest BCUT2D eigenvalue weighted by molar-refractivity contribution is -0.139. The van der Waals surface area contributed by atoms with E-state index in [1.807, 2.05) is 18.1 Å². The molecule has 0 aliphatic carbocycles. The monoisotopic (exact) mass is 262 g/mol. The molecule has 0 radical (unpaired) electrons. The van der Waals surface area contributed by atoms with Crippen LogP contribution in [0.4, 0.5) is 0 Å². The van der Waals surface area contributed by atoms with E-state index in [2.05, 4.69) is 21.9 Å². The molecule has 3 heteroatoms. The zero-order valence-electron chi connectivity index (χ0n) is 7.74. The summed E-state index contributed by atoms with van der Waals surface area (Å²) >= 11 is 3.29. The summed E-state index contributed by atoms with van der Waals surface area (Å²) in [4.78, 5) is 10.9. The maximum atomic E-state index is 10.9. The van der Waals surface area contributed by atoms with Crippen molar-refractivity contribution >= 4 is 21.9 Å². The van der Waals surface area contributed by atoms with Crippen molar-refractivity contribution in [1.29, 1.82) is 0 Å². The van der Waals surface area contributed by atoms with Gasteiger partial charge in [-0.2, -0.15) is 0 Å². The van der Waals surface area contributed by atoms with Gasteiger partial charge in [0.1, 0.15) is 0 Å². The summed E-state index contributed by atoms with van der Waals surface area (Å²) in [6, 6.07) is 7.14. The number of esters is 1. The third-order valence-corrected chi connectivity index (χ3v) is 2.20. The van der Waals surface area contributed by atoms with Crippen LogP contribution in [0.15, 0.2) is 28.7 Å². The molecule has 0 N–H and O–H groups in total. The highest BCUT2D eigenvalue weighted by Gasteiger charge is 2.11. The maximum Gasteiger partial charge on any atom is 0.385 e. The molecule has 2 nitrogen and oxygen atoms in total. The molecule has 0 spiro atoms. The van der Waals surface area contributed by atoms with Gasteiger partial charge in [0, 0.05) is 16.0 Å². The first kappa shape index (κ1) is 11.4. The molecular weight excluding hydrogens is 256 g/mol. The standard InChI is InChI=1S/C12H7BrO2/c1-3-11(15-12(14)4-2)9-5-7-10(13)8-6-9/h1-2,5-8,11H. The Morgan fingerprint density at radius 1 is 1.33 bits per heavy atom. The van der Waals surface area contributed by atoms with Gasteiger partial charge >= 0.3 is 5.97 Å². The summed E-state index contributed by atoms with van der Waals surface area (Å²) in [6.07, 6.45) is 9.38. The lowest BCUT2D eigenvalue weighted by Crippen LogP contribution is -2.07. The van der Waals surface area contributed by atoms with Gasteiger partial charge in [0.2, 0.25) is 0 Å². The average molecular weight is 263 g/mol. The van der Waals surface area contributed by atoms with Crippen molar-refractivity contribution in [1.82, 2.24) is 0 Å². The van der Waals surface area contributed by atoms with E-state index in [0.29, 0.717) is 5.56 Å². The molecule has 1 atom stereocenters. The van der Waals surface area contributed by atoms with E-state index in [9.17, 15) is 4.79 Å². The lowest BCUT2D eigenvalue weighted by atomic mass is 10.1. The summed E-state index contributed by atoms with van der Waals surface area (Å²) in [5, 5.41) is 0. The van der Waals surface area contributed by atoms with Crippen LogP contribution < -0.4 is 0 Å². The summed E-state index contributed by atoms with van der Waals surface area (Å²) < 4.78 is 5.77. The van der Waals surface area contributed by atoms with Crippen LogP contribution in [0.1, 0.15) is 11.7 Å². The molecule has 1 rings (SSSR count). The zero-order chi connectivity index (χ0) is 11.3. The van der Waals surface area contributed by atoms with Crippen molar-refractivity contribution in [3.63, 3.8) is 0 Å². The van der Waals surface area contributed by atoms with Crippen molar-refractivity contribution in [2.75, 3.05) is 0 Å². The van der Waals surface area contributed by atoms with E-state index in [-0.39, 0.29) is 0 Å². The first-order valence-corrected chi connectivity index (χ1v) is 4.85. The smallest absolute Gasteiger partial charge is 0.385 e. The molecule has 1 unspecified atom stereocenters. The molecular formula is C12H7BrO2. The summed E-state index contributed by atoms with van der Waals surface area (Å²) in [7, 11) is 0. The molecule has 15 heavy (non-hydrogen) atoms. The molecule has 0 aliphatic heterocycles. The van der Waals surface area contributed by atoms with E-state index in [4.69, 9.17) is 17.6 Å². The van der Waals surface area contributed by atoms with Gasteiger partial charge in [-0.15, -0.1) is 12.8 Å². The molecule has 0 saturated heterocycles. The largest absolute Gasteiger partial charge is 0.435 e. The van der Waals surface area contributed by atoms with Gasteiger partial charge in [-0.3, -0.25) is 0 Å². The Kier molecular flexibility index (Phi) is 3.97. The maximum absolute atomic E-state index is 10.9. The van der Waals surface area contributed by atoms with Crippen molar-refractivity contribution in [3.8, 4) is 24.7 Å². The fourth-order valence-electron chi connectivity index (χ4n) is 0.977. The quantitative estimate of drug-likeness (QED) is 0.465. The number of carbonyl (C=O) groups is 1. The number of terminal acetylenes is 2. The Morgan fingerprint density at radius 3 is 2.40 bits per heavy atom. The topological polar surface area (TPSA) is 26.3 Å². The fourth-order valence-corrected chi connectivity index (χ4v) is 1.24. The minimum atomic E-state index is -0.763. The van der Waals surface area contributed by atoms with Crippen LogP contribution in [0, 0.1) is 24.7 Å². The predicted octanol–water partition coefficient (Wildman–Crippen LogP) is 2.30. The number of halogens is 1. The highest BCUT2D eigenvalue weighted by molar-refractivity contribution is 9.10. The van der Waals surface area contributed by atoms with Gasteiger partial charge in [0.25, 0.3) is 0 Å². The van der Waals surface area contributed by atoms with Gasteiger partial charge in [-0.1, -0.05) is 34.0 Å². The summed E-state index contributed by atoms with van der Waals surface area (Å²) in [6.45, 7) is 0. The number of rotatable bonds is 2. The van der Waals surface area contributed by atoms with E-state index >= 15 is 0 Å². The first-order chi connectivity index (χ1) is 7.17. The zero-order valence-corrected chi connectivity index (χ0v) is 9.32. The minimum absolute atomic E-state index is 0.712. The second kappa shape index (κ2) is 5.24. The van der Waals surface area contributed by atoms with Crippen LogP contribution in [0.2, 0.25) is 0 Å². The van der Waals surface area contributed by atoms with Crippen molar-refractivity contribution in [2.45, 2.75) is 6.10 Å². The van der Waals surface area contributed by atoms with E-state index in [0.717, 1.165) is 4.47 Å². The molecule has 74 valence electrons. The Hall–Kier alpha value is -1.71. The van der Waals surface area contributed by atoms with Crippen molar-refractivity contribution in [3.05, 3.63) is 34.3 Å². The average Bonchev–Trinajstić information content (AvgIpc) is 2.27. The number of carbonyl (C=O) groups excluding carboxylic acids is 1. The van der Waals surface area contributed by atoms with Gasteiger partial charge in [-0.05, 0) is 12.1 Å². The van der Waals surface area contributed by atoms with E-state index < -0.39 is 12.1 Å². The lowest BCUT2D eigenvalue weighted by Gasteiger charge is -2.10. The molecule has 0 aliphatic rings. The number of benzene rings is 1. The van der Waals surface area contributed by atoms with E-state index in [1.165, 1.54) is 0 Å². The van der Waals surface area contributed by atoms with Gasteiger partial charge in [0.15, 0.2) is 6.10 Å². The normalized spacial score (nSPS) is 10.9. The highest BCUT2D eigenvalue weighted by Crippen LogP contribution is 2.19. The number of hydrogen-bond acceptors (Lipinski definition) is 2. The second-order valence-corrected chi connectivity index (χ2v) is 3.56. The third kappa shape index (κ3) is 3.16. The molecule has 0 amide bonds. The SMILES string of the molecule is C#CC(=O)OC(C#C)c1ccc(Br)cc1. The second-order valence-electron chi connectivity index (χ2n) is 2.65. The first-order valence-electron chi connectivity index (χ1n) is 4.06. The molecule has 0 aromatic heterocycles. The number of ether oxygens (including phenoxy) is 1. The molecule has 0 heterocycles. The van der Waals surface area contributed by atoms with Gasteiger partial charge in [0.05, 0.1) is 0 Å². The molecule has 0 bridgehead atoms. The van der Waals surface area contributed by atoms with Crippen molar-refractivity contribution < 1.29 is 9.53 Å². The summed E-state index contributed by atoms with van der Waals surface area (Å²) in [5.41, 5.74) is 0.712. The van der Waals surface area contributed by atoms with Gasteiger partial charge in [-0.25, -0.2) is 4.79 Å².